The molecule has 1 unspecified atom stereocenters. The summed E-state index contributed by atoms with van der Waals surface area (Å²) >= 11 is 0. The number of hydrogen-bond donors (Lipinski definition) is 1. The van der Waals surface area contributed by atoms with E-state index < -0.39 is 11.7 Å². The summed E-state index contributed by atoms with van der Waals surface area (Å²) < 4.78 is 39.5. The Balaban J connectivity index is 3.20. The van der Waals surface area contributed by atoms with Crippen molar-refractivity contribution in [2.75, 3.05) is 6.54 Å². The van der Waals surface area contributed by atoms with Crippen LogP contribution < -0.4 is 5.32 Å². The lowest BCUT2D eigenvalue weighted by molar-refractivity contribution is -0.196. The van der Waals surface area contributed by atoms with Gasteiger partial charge in [0.2, 0.25) is 0 Å². The highest BCUT2D eigenvalue weighted by Gasteiger charge is 2.53. The molecule has 0 spiro atoms. The molecule has 0 aliphatic carbocycles. The molecular weight excluding hydrogens is 231 g/mol. The predicted molar refractivity (Wildman–Crippen MR) is 58.5 cm³/mol. The zero-order valence-corrected chi connectivity index (χ0v) is 10.1. The fourth-order valence-corrected chi connectivity index (χ4v) is 1.59. The quantitative estimate of drug-likeness (QED) is 0.888. The van der Waals surface area contributed by atoms with Gasteiger partial charge in [-0.2, -0.15) is 13.2 Å². The molecular formula is C11H16F3N3. The van der Waals surface area contributed by atoms with E-state index in [4.69, 9.17) is 0 Å². The van der Waals surface area contributed by atoms with Crippen LogP contribution in [0.15, 0.2) is 12.4 Å². The maximum absolute atomic E-state index is 13.2. The maximum atomic E-state index is 13.2. The van der Waals surface area contributed by atoms with Gasteiger partial charge in [-0.05, 0) is 26.8 Å². The van der Waals surface area contributed by atoms with Crippen molar-refractivity contribution in [2.45, 2.75) is 38.9 Å². The van der Waals surface area contributed by atoms with E-state index in [9.17, 15) is 13.2 Å². The third kappa shape index (κ3) is 2.74. The summed E-state index contributed by atoms with van der Waals surface area (Å²) in [5.41, 5.74) is -1.93. The average Bonchev–Trinajstić information content (AvgIpc) is 2.25. The monoisotopic (exact) mass is 247 g/mol. The number of hydrogen-bond acceptors (Lipinski definition) is 3. The van der Waals surface area contributed by atoms with Crippen LogP contribution in [0.1, 0.15) is 31.7 Å². The summed E-state index contributed by atoms with van der Waals surface area (Å²) in [7, 11) is 0. The third-order valence-corrected chi connectivity index (χ3v) is 2.65. The van der Waals surface area contributed by atoms with E-state index in [0.717, 1.165) is 6.92 Å². The van der Waals surface area contributed by atoms with E-state index >= 15 is 0 Å². The molecule has 0 aromatic carbocycles. The van der Waals surface area contributed by atoms with E-state index in [1.165, 1.54) is 19.3 Å². The Labute approximate surface area is 98.5 Å². The molecule has 0 saturated carbocycles. The van der Waals surface area contributed by atoms with Crippen molar-refractivity contribution in [3.63, 3.8) is 0 Å². The van der Waals surface area contributed by atoms with Gasteiger partial charge in [0.05, 0.1) is 11.4 Å². The average molecular weight is 247 g/mol. The van der Waals surface area contributed by atoms with Crippen LogP contribution in [0.2, 0.25) is 0 Å². The second-order valence-corrected chi connectivity index (χ2v) is 4.04. The lowest BCUT2D eigenvalue weighted by Gasteiger charge is -2.33. The summed E-state index contributed by atoms with van der Waals surface area (Å²) in [6.45, 7) is 4.71. The predicted octanol–water partition coefficient (Wildman–Crippen LogP) is 2.56. The first-order valence-electron chi connectivity index (χ1n) is 5.42. The first kappa shape index (κ1) is 13.9. The largest absolute Gasteiger partial charge is 0.412 e. The Kier molecular flexibility index (Phi) is 4.08. The van der Waals surface area contributed by atoms with Crippen molar-refractivity contribution in [1.82, 2.24) is 15.3 Å². The SMILES string of the molecule is CCCNC(C)(c1nccnc1C)C(F)(F)F. The van der Waals surface area contributed by atoms with Crippen LogP contribution in [0.25, 0.3) is 0 Å². The van der Waals surface area contributed by atoms with Crippen molar-refractivity contribution in [3.05, 3.63) is 23.8 Å². The van der Waals surface area contributed by atoms with Gasteiger partial charge in [-0.15, -0.1) is 0 Å². The van der Waals surface area contributed by atoms with Crippen molar-refractivity contribution in [3.8, 4) is 0 Å². The van der Waals surface area contributed by atoms with Crippen molar-refractivity contribution in [2.24, 2.45) is 0 Å². The molecule has 0 amide bonds. The van der Waals surface area contributed by atoms with Gasteiger partial charge < -0.3 is 0 Å². The molecule has 1 aromatic heterocycles. The number of aromatic nitrogens is 2. The molecule has 1 aromatic rings. The van der Waals surface area contributed by atoms with Gasteiger partial charge in [0.1, 0.15) is 0 Å². The summed E-state index contributed by atoms with van der Waals surface area (Å²) in [6, 6.07) is 0. The van der Waals surface area contributed by atoms with E-state index in [2.05, 4.69) is 15.3 Å². The number of nitrogens with zero attached hydrogens (tertiary/aromatic N) is 2. The van der Waals surface area contributed by atoms with Crippen LogP contribution in [0, 0.1) is 6.92 Å². The fourth-order valence-electron chi connectivity index (χ4n) is 1.59. The maximum Gasteiger partial charge on any atom is 0.412 e. The van der Waals surface area contributed by atoms with E-state index in [1.54, 1.807) is 0 Å². The first-order valence-corrected chi connectivity index (χ1v) is 5.42. The molecule has 17 heavy (non-hydrogen) atoms. The van der Waals surface area contributed by atoms with E-state index in [0.29, 0.717) is 6.42 Å². The van der Waals surface area contributed by atoms with Crippen LogP contribution in [0.5, 0.6) is 0 Å². The third-order valence-electron chi connectivity index (χ3n) is 2.65. The molecule has 3 nitrogen and oxygen atoms in total. The Morgan fingerprint density at radius 2 is 1.82 bits per heavy atom. The van der Waals surface area contributed by atoms with Crippen LogP contribution in [-0.4, -0.2) is 22.7 Å². The van der Waals surface area contributed by atoms with Crippen LogP contribution in [-0.2, 0) is 5.54 Å². The first-order chi connectivity index (χ1) is 7.83. The molecule has 0 saturated heterocycles. The summed E-state index contributed by atoms with van der Waals surface area (Å²) in [4.78, 5) is 7.69. The van der Waals surface area contributed by atoms with Crippen molar-refractivity contribution < 1.29 is 13.2 Å². The number of nitrogens with one attached hydrogen (secondary N) is 1. The molecule has 0 aliphatic rings. The fraction of sp³-hybridized carbons (Fsp3) is 0.636. The zero-order chi connectivity index (χ0) is 13.1. The van der Waals surface area contributed by atoms with Gasteiger partial charge in [-0.3, -0.25) is 15.3 Å². The van der Waals surface area contributed by atoms with Gasteiger partial charge >= 0.3 is 6.18 Å². The number of rotatable bonds is 4. The second kappa shape index (κ2) is 5.00. The van der Waals surface area contributed by atoms with Gasteiger partial charge in [0.15, 0.2) is 5.54 Å². The van der Waals surface area contributed by atoms with Crippen LogP contribution in [0.4, 0.5) is 13.2 Å². The molecule has 6 heteroatoms. The van der Waals surface area contributed by atoms with E-state index in [-0.39, 0.29) is 17.9 Å². The Morgan fingerprint density at radius 3 is 2.29 bits per heavy atom. The highest BCUT2D eigenvalue weighted by molar-refractivity contribution is 5.21. The molecule has 0 bridgehead atoms. The Bertz CT molecular complexity index is 378. The molecule has 96 valence electrons. The summed E-state index contributed by atoms with van der Waals surface area (Å²) in [5.74, 6) is 0. The van der Waals surface area contributed by atoms with E-state index in [1.807, 2.05) is 6.92 Å². The highest BCUT2D eigenvalue weighted by Crippen LogP contribution is 2.38. The van der Waals surface area contributed by atoms with Gasteiger partial charge in [-0.1, -0.05) is 6.92 Å². The minimum absolute atomic E-state index is 0.0686. The zero-order valence-electron chi connectivity index (χ0n) is 10.1. The summed E-state index contributed by atoms with van der Waals surface area (Å²) in [6.07, 6.45) is -1.14. The molecule has 1 rings (SSSR count). The topological polar surface area (TPSA) is 37.8 Å². The van der Waals surface area contributed by atoms with Gasteiger partial charge in [0, 0.05) is 12.4 Å². The van der Waals surface area contributed by atoms with Crippen LogP contribution in [0.3, 0.4) is 0 Å². The summed E-state index contributed by atoms with van der Waals surface area (Å²) in [5, 5.41) is 2.52. The Morgan fingerprint density at radius 1 is 1.24 bits per heavy atom. The molecule has 0 radical (unpaired) electrons. The smallest absolute Gasteiger partial charge is 0.299 e. The molecule has 0 fully saturated rings. The number of halogens is 3. The number of alkyl halides is 3. The van der Waals surface area contributed by atoms with Crippen molar-refractivity contribution >= 4 is 0 Å². The minimum Gasteiger partial charge on any atom is -0.299 e. The van der Waals surface area contributed by atoms with Crippen LogP contribution >= 0.6 is 0 Å². The standard InChI is InChI=1S/C11H16F3N3/c1-4-5-17-10(3,11(12,13)14)9-8(2)15-6-7-16-9/h6-7,17H,4-5H2,1-3H3. The molecule has 1 N–H and O–H groups in total. The second-order valence-electron chi connectivity index (χ2n) is 4.04. The van der Waals surface area contributed by atoms with Gasteiger partial charge in [0.25, 0.3) is 0 Å². The highest BCUT2D eigenvalue weighted by atomic mass is 19.4. The molecule has 1 heterocycles. The minimum atomic E-state index is -4.41. The lowest BCUT2D eigenvalue weighted by Crippen LogP contribution is -2.52. The Hall–Kier alpha value is -1.17. The normalized spacial score (nSPS) is 15.6. The lowest BCUT2D eigenvalue weighted by atomic mass is 9.94. The molecule has 0 aliphatic heterocycles. The van der Waals surface area contributed by atoms with Crippen molar-refractivity contribution in [1.29, 1.82) is 0 Å². The number of aryl methyl sites for hydroxylation is 1. The molecule has 1 atom stereocenters. The van der Waals surface area contributed by atoms with Gasteiger partial charge in [-0.25, -0.2) is 0 Å².